The molecular formula is C25H40N4O6. The molecule has 2 bridgehead atoms. The van der Waals surface area contributed by atoms with Crippen molar-refractivity contribution in [2.45, 2.75) is 76.4 Å². The van der Waals surface area contributed by atoms with Crippen molar-refractivity contribution < 1.29 is 29.0 Å². The van der Waals surface area contributed by atoms with Gasteiger partial charge in [0.05, 0.1) is 19.3 Å². The molecule has 3 atom stereocenters. The highest BCUT2D eigenvalue weighted by Gasteiger charge is 2.26. The molecule has 1 aromatic carbocycles. The van der Waals surface area contributed by atoms with E-state index in [1.165, 1.54) is 0 Å². The van der Waals surface area contributed by atoms with Crippen LogP contribution >= 0.6 is 0 Å². The molecule has 35 heavy (non-hydrogen) atoms. The molecule has 6 N–H and O–H groups in total. The van der Waals surface area contributed by atoms with Gasteiger partial charge in [-0.05, 0) is 62.8 Å². The van der Waals surface area contributed by atoms with E-state index in [1.54, 1.807) is 0 Å². The van der Waals surface area contributed by atoms with E-state index >= 15 is 0 Å². The van der Waals surface area contributed by atoms with Gasteiger partial charge in [0, 0.05) is 13.0 Å². The number of aliphatic carboxylic acids is 1. The minimum atomic E-state index is -1.13. The summed E-state index contributed by atoms with van der Waals surface area (Å²) in [5.41, 5.74) is 6.32. The van der Waals surface area contributed by atoms with Gasteiger partial charge < -0.3 is 36.3 Å². The van der Waals surface area contributed by atoms with Crippen LogP contribution in [0.2, 0.25) is 0 Å². The molecule has 3 amide bonds. The van der Waals surface area contributed by atoms with E-state index in [0.717, 1.165) is 37.0 Å². The number of amides is 3. The molecular weight excluding hydrogens is 452 g/mol. The highest BCUT2D eigenvalue weighted by atomic mass is 16.5. The quantitative estimate of drug-likeness (QED) is 0.330. The van der Waals surface area contributed by atoms with Gasteiger partial charge in [-0.1, -0.05) is 25.5 Å². The van der Waals surface area contributed by atoms with Gasteiger partial charge in [-0.2, -0.15) is 0 Å². The topological polar surface area (TPSA) is 152 Å². The smallest absolute Gasteiger partial charge is 0.326 e. The number of urea groups is 1. The van der Waals surface area contributed by atoms with Crippen LogP contribution in [0.15, 0.2) is 24.3 Å². The van der Waals surface area contributed by atoms with Crippen molar-refractivity contribution in [3.8, 4) is 5.75 Å². The Morgan fingerprint density at radius 2 is 1.94 bits per heavy atom. The van der Waals surface area contributed by atoms with E-state index in [2.05, 4.69) is 16.0 Å². The van der Waals surface area contributed by atoms with Crippen molar-refractivity contribution in [2.24, 2.45) is 5.73 Å². The Morgan fingerprint density at radius 1 is 1.20 bits per heavy atom. The third-order valence-electron chi connectivity index (χ3n) is 5.79. The Hall–Kier alpha value is -2.85. The lowest BCUT2D eigenvalue weighted by atomic mass is 10.0. The van der Waals surface area contributed by atoms with E-state index < -0.39 is 24.1 Å². The number of carbonyl (C=O) groups excluding carboxylic acids is 2. The maximum absolute atomic E-state index is 13.2. The summed E-state index contributed by atoms with van der Waals surface area (Å²) in [4.78, 5) is 37.5. The number of carboxylic acids is 1. The molecule has 3 rings (SSSR count). The van der Waals surface area contributed by atoms with E-state index in [9.17, 15) is 19.5 Å². The molecule has 2 heterocycles. The Bertz CT molecular complexity index is 789. The van der Waals surface area contributed by atoms with Crippen molar-refractivity contribution in [3.63, 3.8) is 0 Å². The molecule has 0 fully saturated rings. The predicted octanol–water partition coefficient (Wildman–Crippen LogP) is 1.95. The van der Waals surface area contributed by atoms with Crippen LogP contribution in [0.3, 0.4) is 0 Å². The second-order valence-corrected chi connectivity index (χ2v) is 8.82. The highest BCUT2D eigenvalue weighted by Crippen LogP contribution is 2.15. The number of hydrogen-bond donors (Lipinski definition) is 5. The summed E-state index contributed by atoms with van der Waals surface area (Å²) < 4.78 is 11.5. The fourth-order valence-electron chi connectivity index (χ4n) is 3.84. The Kier molecular flexibility index (Phi) is 12.9. The number of ether oxygens (including phenoxy) is 2. The maximum Gasteiger partial charge on any atom is 0.326 e. The average molecular weight is 493 g/mol. The van der Waals surface area contributed by atoms with Crippen LogP contribution in [0.25, 0.3) is 0 Å². The molecule has 0 unspecified atom stereocenters. The fourth-order valence-corrected chi connectivity index (χ4v) is 3.84. The van der Waals surface area contributed by atoms with Gasteiger partial charge in [0.25, 0.3) is 0 Å². The lowest BCUT2D eigenvalue weighted by Crippen LogP contribution is -2.55. The van der Waals surface area contributed by atoms with Gasteiger partial charge in [-0.15, -0.1) is 0 Å². The largest absolute Gasteiger partial charge is 0.494 e. The van der Waals surface area contributed by atoms with Crippen LogP contribution in [0, 0.1) is 0 Å². The van der Waals surface area contributed by atoms with E-state index in [-0.39, 0.29) is 24.8 Å². The number of hydrogen-bond acceptors (Lipinski definition) is 6. The third kappa shape index (κ3) is 11.0. The SMILES string of the molecule is CCC[C@H]1COCCCCOc2ccc(cc2)C[C@@H](NC(=O)N[C@@H](CCCCN)C(=O)O)C(=O)N1. The summed E-state index contributed by atoms with van der Waals surface area (Å²) in [6.45, 7) is 4.04. The Balaban J connectivity index is 2.15. The molecule has 0 radical (unpaired) electrons. The molecule has 0 aliphatic carbocycles. The Morgan fingerprint density at radius 3 is 2.63 bits per heavy atom. The second-order valence-electron chi connectivity index (χ2n) is 8.82. The normalized spacial score (nSPS) is 20.3. The summed E-state index contributed by atoms with van der Waals surface area (Å²) in [6, 6.07) is 4.55. The molecule has 0 aromatic heterocycles. The summed E-state index contributed by atoms with van der Waals surface area (Å²) in [5.74, 6) is -0.738. The molecule has 0 spiro atoms. The predicted molar refractivity (Wildman–Crippen MR) is 132 cm³/mol. The summed E-state index contributed by atoms with van der Waals surface area (Å²) >= 11 is 0. The number of benzene rings is 1. The molecule has 2 aliphatic rings. The lowest BCUT2D eigenvalue weighted by molar-refractivity contribution is -0.139. The zero-order valence-electron chi connectivity index (χ0n) is 20.6. The first kappa shape index (κ1) is 28.4. The summed E-state index contributed by atoms with van der Waals surface area (Å²) in [7, 11) is 0. The molecule has 0 saturated carbocycles. The van der Waals surface area contributed by atoms with Crippen LogP contribution in [0.1, 0.15) is 57.4 Å². The zero-order chi connectivity index (χ0) is 25.5. The zero-order valence-corrected chi connectivity index (χ0v) is 20.6. The van der Waals surface area contributed by atoms with Crippen molar-refractivity contribution in [1.82, 2.24) is 16.0 Å². The van der Waals surface area contributed by atoms with Crippen LogP contribution in [0.4, 0.5) is 4.79 Å². The molecule has 1 aromatic rings. The first-order valence-electron chi connectivity index (χ1n) is 12.5. The summed E-state index contributed by atoms with van der Waals surface area (Å²) in [6.07, 6.45) is 5.07. The van der Waals surface area contributed by atoms with E-state index in [1.807, 2.05) is 31.2 Å². The van der Waals surface area contributed by atoms with Crippen LogP contribution in [-0.4, -0.2) is 67.5 Å². The van der Waals surface area contributed by atoms with Crippen LogP contribution in [0.5, 0.6) is 5.75 Å². The number of unbranched alkanes of at least 4 members (excludes halogenated alkanes) is 1. The number of nitrogens with one attached hydrogen (secondary N) is 3. The minimum absolute atomic E-state index is 0.186. The molecule has 10 nitrogen and oxygen atoms in total. The van der Waals surface area contributed by atoms with E-state index in [0.29, 0.717) is 39.2 Å². The molecule has 196 valence electrons. The van der Waals surface area contributed by atoms with E-state index in [4.69, 9.17) is 15.2 Å². The lowest BCUT2D eigenvalue weighted by Gasteiger charge is -2.25. The number of carbonyl (C=O) groups is 3. The van der Waals surface area contributed by atoms with Crippen molar-refractivity contribution in [2.75, 3.05) is 26.4 Å². The maximum atomic E-state index is 13.2. The second kappa shape index (κ2) is 15.9. The van der Waals surface area contributed by atoms with Gasteiger partial charge in [0.15, 0.2) is 0 Å². The highest BCUT2D eigenvalue weighted by molar-refractivity contribution is 5.89. The fraction of sp³-hybridized carbons (Fsp3) is 0.640. The average Bonchev–Trinajstić information content (AvgIpc) is 2.82. The Labute approximate surface area is 207 Å². The van der Waals surface area contributed by atoms with Crippen LogP contribution in [-0.2, 0) is 20.7 Å². The van der Waals surface area contributed by atoms with Gasteiger partial charge in [0.2, 0.25) is 5.91 Å². The number of fused-ring (bicyclic) bond motifs is 13. The molecule has 2 aliphatic heterocycles. The minimum Gasteiger partial charge on any atom is -0.494 e. The van der Waals surface area contributed by atoms with Crippen molar-refractivity contribution in [1.29, 1.82) is 0 Å². The molecule has 10 heteroatoms. The standard InChI is InChI=1S/C25H40N4O6/c1-2-7-19-17-34-14-5-6-15-35-20-11-9-18(10-12-20)16-22(23(30)27-19)29-25(33)28-21(24(31)32)8-3-4-13-26/h9-12,19,21-22H,2-8,13-17,26H2,1H3,(H,27,30)(H,31,32)(H2,28,29,33)/t19-,21-,22+/m0/s1. The third-order valence-corrected chi connectivity index (χ3v) is 5.79. The number of carboxylic acid groups (broad SMARTS) is 1. The monoisotopic (exact) mass is 492 g/mol. The molecule has 0 saturated heterocycles. The summed E-state index contributed by atoms with van der Waals surface area (Å²) in [5, 5.41) is 17.6. The van der Waals surface area contributed by atoms with Gasteiger partial charge >= 0.3 is 12.0 Å². The number of rotatable bonds is 9. The van der Waals surface area contributed by atoms with Gasteiger partial charge in [-0.25, -0.2) is 9.59 Å². The first-order chi connectivity index (χ1) is 16.9. The van der Waals surface area contributed by atoms with Gasteiger partial charge in [0.1, 0.15) is 17.8 Å². The van der Waals surface area contributed by atoms with Crippen LogP contribution < -0.4 is 26.4 Å². The first-order valence-corrected chi connectivity index (χ1v) is 12.5. The van der Waals surface area contributed by atoms with Crippen molar-refractivity contribution in [3.05, 3.63) is 29.8 Å². The van der Waals surface area contributed by atoms with Gasteiger partial charge in [-0.3, -0.25) is 4.79 Å². The van der Waals surface area contributed by atoms with Crippen molar-refractivity contribution >= 4 is 17.9 Å². The number of nitrogens with two attached hydrogens (primary N) is 1.